The third-order valence-corrected chi connectivity index (χ3v) is 4.24. The third kappa shape index (κ3) is 3.79. The molecule has 1 aromatic carbocycles. The van der Waals surface area contributed by atoms with E-state index >= 15 is 0 Å². The summed E-state index contributed by atoms with van der Waals surface area (Å²) < 4.78 is 0. The Kier molecular flexibility index (Phi) is 4.91. The molecule has 0 fully saturated rings. The molecule has 0 aliphatic carbocycles. The van der Waals surface area contributed by atoms with Crippen molar-refractivity contribution in [2.45, 2.75) is 26.8 Å². The summed E-state index contributed by atoms with van der Waals surface area (Å²) >= 11 is 1.43. The highest BCUT2D eigenvalue weighted by Crippen LogP contribution is 2.23. The average Bonchev–Trinajstić information content (AvgIpc) is 2.98. The van der Waals surface area contributed by atoms with Crippen LogP contribution >= 0.6 is 11.3 Å². The van der Waals surface area contributed by atoms with Gasteiger partial charge in [-0.25, -0.2) is 0 Å². The van der Waals surface area contributed by atoms with E-state index in [1.807, 2.05) is 41.8 Å². The van der Waals surface area contributed by atoms with E-state index in [1.54, 1.807) is 6.92 Å². The summed E-state index contributed by atoms with van der Waals surface area (Å²) in [4.78, 5) is 24.2. The minimum atomic E-state index is -0.0689. The van der Waals surface area contributed by atoms with Crippen molar-refractivity contribution in [2.75, 3.05) is 0 Å². The summed E-state index contributed by atoms with van der Waals surface area (Å²) in [5.41, 5.74) is 1.70. The Hall–Kier alpha value is -1.94. The van der Waals surface area contributed by atoms with Gasteiger partial charge in [-0.3, -0.25) is 9.59 Å². The van der Waals surface area contributed by atoms with Crippen LogP contribution in [-0.4, -0.2) is 11.7 Å². The van der Waals surface area contributed by atoms with Crippen molar-refractivity contribution < 1.29 is 9.59 Å². The molecule has 21 heavy (non-hydrogen) atoms. The molecule has 0 aliphatic heterocycles. The maximum absolute atomic E-state index is 12.2. The highest BCUT2D eigenvalue weighted by atomic mass is 32.1. The molecule has 4 heteroatoms. The molecular formula is C17H19NO2S. The van der Waals surface area contributed by atoms with Crippen molar-refractivity contribution in [2.24, 2.45) is 5.92 Å². The molecule has 0 saturated carbocycles. The summed E-state index contributed by atoms with van der Waals surface area (Å²) in [7, 11) is 0. The fraction of sp³-hybridized carbons (Fsp3) is 0.294. The predicted octanol–water partition coefficient (Wildman–Crippen LogP) is 4.08. The highest BCUT2D eigenvalue weighted by Gasteiger charge is 2.19. The van der Waals surface area contributed by atoms with E-state index in [1.165, 1.54) is 11.3 Å². The predicted molar refractivity (Wildman–Crippen MR) is 85.8 cm³/mol. The van der Waals surface area contributed by atoms with Crippen molar-refractivity contribution in [3.8, 4) is 0 Å². The molecule has 3 nitrogen and oxygen atoms in total. The minimum Gasteiger partial charge on any atom is -0.344 e. The first-order valence-electron chi connectivity index (χ1n) is 6.94. The van der Waals surface area contributed by atoms with Crippen molar-refractivity contribution in [1.29, 1.82) is 0 Å². The monoisotopic (exact) mass is 301 g/mol. The molecule has 0 saturated heterocycles. The molecule has 0 spiro atoms. The summed E-state index contributed by atoms with van der Waals surface area (Å²) in [5, 5.41) is 4.96. The molecule has 1 N–H and O–H groups in total. The summed E-state index contributed by atoms with van der Waals surface area (Å²) in [6.45, 7) is 5.68. The number of Topliss-reactive ketones (excluding diaryl/α,β-unsaturated/α-hetero) is 1. The second-order valence-corrected chi connectivity index (χ2v) is 6.30. The van der Waals surface area contributed by atoms with Gasteiger partial charge < -0.3 is 5.32 Å². The van der Waals surface area contributed by atoms with Gasteiger partial charge in [0, 0.05) is 5.56 Å². The fourth-order valence-electron chi connectivity index (χ4n) is 2.18. The quantitative estimate of drug-likeness (QED) is 0.846. The van der Waals surface area contributed by atoms with Crippen LogP contribution in [0.15, 0.2) is 41.8 Å². The van der Waals surface area contributed by atoms with Crippen LogP contribution in [0.1, 0.15) is 52.4 Å². The molecular weight excluding hydrogens is 282 g/mol. The van der Waals surface area contributed by atoms with Crippen LogP contribution in [0.4, 0.5) is 0 Å². The maximum Gasteiger partial charge on any atom is 0.261 e. The van der Waals surface area contributed by atoms with Crippen LogP contribution in [0.2, 0.25) is 0 Å². The lowest BCUT2D eigenvalue weighted by molar-refractivity contribution is 0.0928. The van der Waals surface area contributed by atoms with Gasteiger partial charge in [-0.1, -0.05) is 44.2 Å². The Balaban J connectivity index is 2.19. The second kappa shape index (κ2) is 6.68. The lowest BCUT2D eigenvalue weighted by atomic mass is 9.94. The Labute approximate surface area is 129 Å². The zero-order valence-electron chi connectivity index (χ0n) is 12.4. The molecule has 1 amide bonds. The molecule has 0 aliphatic rings. The first-order valence-corrected chi connectivity index (χ1v) is 7.82. The molecule has 1 aromatic heterocycles. The Bertz CT molecular complexity index is 615. The van der Waals surface area contributed by atoms with Gasteiger partial charge in [0.25, 0.3) is 5.91 Å². The average molecular weight is 301 g/mol. The maximum atomic E-state index is 12.2. The van der Waals surface area contributed by atoms with Crippen LogP contribution in [0, 0.1) is 5.92 Å². The number of amides is 1. The number of nitrogens with one attached hydrogen (secondary N) is 1. The van der Waals surface area contributed by atoms with Crippen LogP contribution in [0.3, 0.4) is 0 Å². The van der Waals surface area contributed by atoms with Gasteiger partial charge in [-0.05, 0) is 29.9 Å². The first kappa shape index (κ1) is 15.4. The number of hydrogen-bond donors (Lipinski definition) is 1. The molecule has 0 radical (unpaired) electrons. The van der Waals surface area contributed by atoms with E-state index in [9.17, 15) is 9.59 Å². The van der Waals surface area contributed by atoms with Gasteiger partial charge >= 0.3 is 0 Å². The van der Waals surface area contributed by atoms with E-state index in [-0.39, 0.29) is 23.7 Å². The molecule has 1 atom stereocenters. The van der Waals surface area contributed by atoms with Crippen LogP contribution < -0.4 is 5.32 Å². The third-order valence-electron chi connectivity index (χ3n) is 3.37. The van der Waals surface area contributed by atoms with Gasteiger partial charge in [-0.15, -0.1) is 11.3 Å². The standard InChI is InChI=1S/C17H19NO2S/c1-11(2)16(18-17(20)15-5-4-10-21-15)14-8-6-13(7-9-14)12(3)19/h4-11,16H,1-3H3,(H,18,20). The lowest BCUT2D eigenvalue weighted by Gasteiger charge is -2.22. The number of hydrogen-bond acceptors (Lipinski definition) is 3. The van der Waals surface area contributed by atoms with Gasteiger partial charge in [-0.2, -0.15) is 0 Å². The lowest BCUT2D eigenvalue weighted by Crippen LogP contribution is -2.31. The molecule has 2 aromatic rings. The SMILES string of the molecule is CC(=O)c1ccc(C(NC(=O)c2cccs2)C(C)C)cc1. The van der Waals surface area contributed by atoms with E-state index in [0.29, 0.717) is 10.4 Å². The Morgan fingerprint density at radius 3 is 2.24 bits per heavy atom. The second-order valence-electron chi connectivity index (χ2n) is 5.35. The number of benzene rings is 1. The molecule has 1 unspecified atom stereocenters. The Morgan fingerprint density at radius 2 is 1.76 bits per heavy atom. The number of carbonyl (C=O) groups is 2. The van der Waals surface area contributed by atoms with Crippen LogP contribution in [0.25, 0.3) is 0 Å². The van der Waals surface area contributed by atoms with E-state index < -0.39 is 0 Å². The number of rotatable bonds is 5. The van der Waals surface area contributed by atoms with Crippen molar-refractivity contribution in [3.05, 3.63) is 57.8 Å². The van der Waals surface area contributed by atoms with Gasteiger partial charge in [0.05, 0.1) is 10.9 Å². The molecule has 110 valence electrons. The molecule has 1 heterocycles. The van der Waals surface area contributed by atoms with E-state index in [2.05, 4.69) is 19.2 Å². The van der Waals surface area contributed by atoms with Gasteiger partial charge in [0.1, 0.15) is 0 Å². The van der Waals surface area contributed by atoms with Crippen molar-refractivity contribution in [1.82, 2.24) is 5.32 Å². The highest BCUT2D eigenvalue weighted by molar-refractivity contribution is 7.12. The van der Waals surface area contributed by atoms with Crippen LogP contribution in [0.5, 0.6) is 0 Å². The van der Waals surface area contributed by atoms with E-state index in [4.69, 9.17) is 0 Å². The summed E-state index contributed by atoms with van der Waals surface area (Å²) in [6.07, 6.45) is 0. The number of carbonyl (C=O) groups excluding carboxylic acids is 2. The van der Waals surface area contributed by atoms with Crippen molar-refractivity contribution in [3.63, 3.8) is 0 Å². The largest absolute Gasteiger partial charge is 0.344 e. The zero-order chi connectivity index (χ0) is 15.4. The molecule has 2 rings (SSSR count). The normalized spacial score (nSPS) is 12.2. The topological polar surface area (TPSA) is 46.2 Å². The van der Waals surface area contributed by atoms with Gasteiger partial charge in [0.2, 0.25) is 0 Å². The fourth-order valence-corrected chi connectivity index (χ4v) is 2.81. The zero-order valence-corrected chi connectivity index (χ0v) is 13.2. The summed E-state index contributed by atoms with van der Waals surface area (Å²) in [6, 6.07) is 11.1. The number of thiophene rings is 1. The van der Waals surface area contributed by atoms with E-state index in [0.717, 1.165) is 5.56 Å². The smallest absolute Gasteiger partial charge is 0.261 e. The van der Waals surface area contributed by atoms with Crippen LogP contribution in [-0.2, 0) is 0 Å². The first-order chi connectivity index (χ1) is 9.99. The summed E-state index contributed by atoms with van der Waals surface area (Å²) in [5.74, 6) is 0.252. The number of ketones is 1. The Morgan fingerprint density at radius 1 is 1.10 bits per heavy atom. The van der Waals surface area contributed by atoms with Gasteiger partial charge in [0.15, 0.2) is 5.78 Å². The van der Waals surface area contributed by atoms with Crippen molar-refractivity contribution >= 4 is 23.0 Å². The molecule has 0 bridgehead atoms. The minimum absolute atomic E-state index is 0.0465.